The minimum atomic E-state index is -0.0912. The van der Waals surface area contributed by atoms with E-state index >= 15 is 0 Å². The third-order valence-electron chi connectivity index (χ3n) is 4.68. The van der Waals surface area contributed by atoms with E-state index in [-0.39, 0.29) is 6.61 Å². The minimum Gasteiger partial charge on any atom is -0.478 e. The van der Waals surface area contributed by atoms with Gasteiger partial charge in [-0.25, -0.2) is 9.97 Å². The van der Waals surface area contributed by atoms with Crippen molar-refractivity contribution in [2.45, 2.75) is 13.5 Å². The number of hydrogen-bond donors (Lipinski definition) is 1. The summed E-state index contributed by atoms with van der Waals surface area (Å²) in [6.45, 7) is 1.90. The predicted molar refractivity (Wildman–Crippen MR) is 106 cm³/mol. The molecule has 6 nitrogen and oxygen atoms in total. The average Bonchev–Trinajstić information content (AvgIpc) is 3.22. The van der Waals surface area contributed by atoms with Crippen molar-refractivity contribution in [3.05, 3.63) is 71.5 Å². The number of rotatable bonds is 4. The molecular formula is C22H18N4O2. The minimum absolute atomic E-state index is 0.0912. The van der Waals surface area contributed by atoms with Crippen molar-refractivity contribution >= 4 is 5.65 Å². The smallest absolute Gasteiger partial charge is 0.258 e. The molecule has 4 rings (SSSR count). The summed E-state index contributed by atoms with van der Waals surface area (Å²) in [7, 11) is 1.56. The second-order valence-electron chi connectivity index (χ2n) is 6.45. The number of ether oxygens (including phenoxy) is 1. The van der Waals surface area contributed by atoms with Crippen molar-refractivity contribution in [3.63, 3.8) is 0 Å². The van der Waals surface area contributed by atoms with Crippen molar-refractivity contribution in [2.75, 3.05) is 7.11 Å². The van der Waals surface area contributed by atoms with Gasteiger partial charge in [0.2, 0.25) is 5.65 Å². The zero-order chi connectivity index (χ0) is 19.7. The van der Waals surface area contributed by atoms with Crippen LogP contribution in [0.15, 0.2) is 54.9 Å². The fourth-order valence-corrected chi connectivity index (χ4v) is 3.34. The Morgan fingerprint density at radius 1 is 1.18 bits per heavy atom. The maximum absolute atomic E-state index is 9.95. The van der Waals surface area contributed by atoms with Gasteiger partial charge in [0.25, 0.3) is 5.88 Å². The van der Waals surface area contributed by atoms with Crippen molar-refractivity contribution in [1.29, 1.82) is 5.26 Å². The summed E-state index contributed by atoms with van der Waals surface area (Å²) in [4.78, 5) is 9.10. The number of nitriles is 1. The molecule has 0 fully saturated rings. The molecule has 0 saturated carbocycles. The fraction of sp³-hybridized carbons (Fsp3) is 0.136. The maximum Gasteiger partial charge on any atom is 0.258 e. The fourth-order valence-electron chi connectivity index (χ4n) is 3.34. The molecule has 0 bridgehead atoms. The van der Waals surface area contributed by atoms with Crippen molar-refractivity contribution in [2.24, 2.45) is 0 Å². The van der Waals surface area contributed by atoms with E-state index in [1.54, 1.807) is 25.4 Å². The normalized spacial score (nSPS) is 10.8. The van der Waals surface area contributed by atoms with Crippen LogP contribution in [0.4, 0.5) is 0 Å². The number of aryl methyl sites for hydroxylation is 1. The van der Waals surface area contributed by atoms with Gasteiger partial charge in [0.05, 0.1) is 36.7 Å². The molecule has 0 aliphatic carbocycles. The number of fused-ring (bicyclic) bond motifs is 1. The van der Waals surface area contributed by atoms with Crippen LogP contribution in [0, 0.1) is 18.3 Å². The van der Waals surface area contributed by atoms with E-state index in [4.69, 9.17) is 15.0 Å². The standard InChI is InChI=1S/C22H18N4O2/c1-14-3-8-18(17(11-14)13-27)20-19(16-6-4-15(12-23)5-7-16)25-22(28-2)21-24-9-10-26(20)21/h3-11,27H,13H2,1-2H3. The monoisotopic (exact) mass is 370 g/mol. The summed E-state index contributed by atoms with van der Waals surface area (Å²) in [6, 6.07) is 15.3. The van der Waals surface area contributed by atoms with Gasteiger partial charge in [-0.2, -0.15) is 5.26 Å². The second-order valence-corrected chi connectivity index (χ2v) is 6.45. The lowest BCUT2D eigenvalue weighted by Gasteiger charge is -2.17. The summed E-state index contributed by atoms with van der Waals surface area (Å²) >= 11 is 0. The Kier molecular flexibility index (Phi) is 4.52. The summed E-state index contributed by atoms with van der Waals surface area (Å²) in [5, 5.41) is 19.0. The highest BCUT2D eigenvalue weighted by molar-refractivity contribution is 5.83. The first-order valence-corrected chi connectivity index (χ1v) is 8.78. The number of hydrogen-bond acceptors (Lipinski definition) is 5. The molecule has 0 unspecified atom stereocenters. The van der Waals surface area contributed by atoms with Crippen LogP contribution < -0.4 is 4.74 Å². The van der Waals surface area contributed by atoms with Crippen LogP contribution in [-0.4, -0.2) is 26.6 Å². The van der Waals surface area contributed by atoms with Gasteiger partial charge in [-0.05, 0) is 24.6 Å². The van der Waals surface area contributed by atoms with Gasteiger partial charge in [-0.15, -0.1) is 0 Å². The van der Waals surface area contributed by atoms with Gasteiger partial charge >= 0.3 is 0 Å². The molecule has 1 N–H and O–H groups in total. The lowest BCUT2D eigenvalue weighted by atomic mass is 9.97. The number of imidazole rings is 1. The van der Waals surface area contributed by atoms with E-state index < -0.39 is 0 Å². The van der Waals surface area contributed by atoms with Crippen LogP contribution in [0.2, 0.25) is 0 Å². The molecule has 2 heterocycles. The first-order valence-electron chi connectivity index (χ1n) is 8.78. The number of benzene rings is 2. The SMILES string of the molecule is COc1nc(-c2ccc(C#N)cc2)c(-c2ccc(C)cc2CO)n2ccnc12. The Balaban J connectivity index is 2.09. The second kappa shape index (κ2) is 7.14. The topological polar surface area (TPSA) is 83.4 Å². The first kappa shape index (κ1) is 17.7. The van der Waals surface area contributed by atoms with Crippen LogP contribution >= 0.6 is 0 Å². The molecule has 6 heteroatoms. The zero-order valence-electron chi connectivity index (χ0n) is 15.5. The van der Waals surface area contributed by atoms with Crippen LogP contribution in [0.25, 0.3) is 28.2 Å². The number of nitrogens with zero attached hydrogens (tertiary/aromatic N) is 4. The summed E-state index contributed by atoms with van der Waals surface area (Å²) in [6.07, 6.45) is 3.54. The van der Waals surface area contributed by atoms with Crippen LogP contribution in [-0.2, 0) is 6.61 Å². The van der Waals surface area contributed by atoms with Gasteiger partial charge in [0.15, 0.2) is 0 Å². The highest BCUT2D eigenvalue weighted by Gasteiger charge is 2.20. The van der Waals surface area contributed by atoms with Crippen LogP contribution in [0.1, 0.15) is 16.7 Å². The number of aliphatic hydroxyl groups is 1. The van der Waals surface area contributed by atoms with E-state index in [2.05, 4.69) is 11.1 Å². The molecule has 0 saturated heterocycles. The third-order valence-corrected chi connectivity index (χ3v) is 4.68. The van der Waals surface area contributed by atoms with E-state index in [0.29, 0.717) is 22.8 Å². The highest BCUT2D eigenvalue weighted by atomic mass is 16.5. The number of aliphatic hydroxyl groups excluding tert-OH is 1. The average molecular weight is 370 g/mol. The van der Waals surface area contributed by atoms with Gasteiger partial charge in [0, 0.05) is 23.5 Å². The van der Waals surface area contributed by atoms with Crippen molar-refractivity contribution in [1.82, 2.24) is 14.4 Å². The van der Waals surface area contributed by atoms with Gasteiger partial charge < -0.3 is 9.84 Å². The van der Waals surface area contributed by atoms with Gasteiger partial charge in [0.1, 0.15) is 0 Å². The number of methoxy groups -OCH3 is 1. The number of aromatic nitrogens is 3. The summed E-state index contributed by atoms with van der Waals surface area (Å²) < 4.78 is 7.38. The Bertz CT molecular complexity index is 1200. The van der Waals surface area contributed by atoms with E-state index in [0.717, 1.165) is 27.9 Å². The van der Waals surface area contributed by atoms with Gasteiger partial charge in [-0.3, -0.25) is 4.40 Å². The molecule has 0 amide bonds. The summed E-state index contributed by atoms with van der Waals surface area (Å²) in [5.41, 5.74) is 6.24. The van der Waals surface area contributed by atoms with Crippen LogP contribution in [0.5, 0.6) is 5.88 Å². The first-order chi connectivity index (χ1) is 13.7. The van der Waals surface area contributed by atoms with Gasteiger partial charge in [-0.1, -0.05) is 35.9 Å². The molecule has 138 valence electrons. The third kappa shape index (κ3) is 2.88. The maximum atomic E-state index is 9.95. The molecule has 2 aromatic heterocycles. The quantitative estimate of drug-likeness (QED) is 0.592. The molecule has 0 aliphatic rings. The lowest BCUT2D eigenvalue weighted by Crippen LogP contribution is -2.04. The molecule has 4 aromatic rings. The van der Waals surface area contributed by atoms with Crippen LogP contribution in [0.3, 0.4) is 0 Å². The Morgan fingerprint density at radius 3 is 2.64 bits per heavy atom. The largest absolute Gasteiger partial charge is 0.478 e. The molecule has 28 heavy (non-hydrogen) atoms. The Morgan fingerprint density at radius 2 is 1.96 bits per heavy atom. The molecule has 0 aliphatic heterocycles. The molecule has 2 aromatic carbocycles. The lowest BCUT2D eigenvalue weighted by molar-refractivity contribution is 0.282. The summed E-state index contributed by atoms with van der Waals surface area (Å²) in [5.74, 6) is 0.408. The molecule has 0 atom stereocenters. The Labute approximate surface area is 162 Å². The molecular weight excluding hydrogens is 352 g/mol. The molecule has 0 spiro atoms. The predicted octanol–water partition coefficient (Wildman–Crippen LogP) is 3.74. The Hall–Kier alpha value is -3.69. The van der Waals surface area contributed by atoms with E-state index in [1.165, 1.54) is 0 Å². The zero-order valence-corrected chi connectivity index (χ0v) is 15.5. The van der Waals surface area contributed by atoms with Crippen molar-refractivity contribution in [3.8, 4) is 34.5 Å². The highest BCUT2D eigenvalue weighted by Crippen LogP contribution is 2.36. The van der Waals surface area contributed by atoms with E-state index in [9.17, 15) is 5.11 Å². The van der Waals surface area contributed by atoms with E-state index in [1.807, 2.05) is 47.9 Å². The van der Waals surface area contributed by atoms with Crippen molar-refractivity contribution < 1.29 is 9.84 Å². The molecule has 0 radical (unpaired) electrons.